The summed E-state index contributed by atoms with van der Waals surface area (Å²) < 4.78 is 3.85. The Hall–Kier alpha value is -0.310. The minimum absolute atomic E-state index is 0.913. The summed E-state index contributed by atoms with van der Waals surface area (Å²) in [6.07, 6.45) is 3.57. The molecule has 6 heavy (non-hydrogen) atoms. The molecule has 0 saturated carbocycles. The molecule has 0 fully saturated rings. The van der Waals surface area contributed by atoms with Crippen LogP contribution >= 0.6 is 11.9 Å². The van der Waals surface area contributed by atoms with Gasteiger partial charge in [-0.3, -0.25) is 0 Å². The zero-order valence-electron chi connectivity index (χ0n) is 3.22. The lowest BCUT2D eigenvalue weighted by molar-refractivity contribution is -0.424. The van der Waals surface area contributed by atoms with E-state index in [1.165, 1.54) is 11.9 Å². The van der Waals surface area contributed by atoms with Gasteiger partial charge in [-0.15, -0.1) is 0 Å². The second-order valence-corrected chi connectivity index (χ2v) is 1.66. The van der Waals surface area contributed by atoms with E-state index in [9.17, 15) is 0 Å². The summed E-state index contributed by atoms with van der Waals surface area (Å²) in [4.78, 5) is 2.97. The van der Waals surface area contributed by atoms with E-state index in [0.717, 1.165) is 5.88 Å². The molecule has 0 aromatic heterocycles. The van der Waals surface area contributed by atoms with Crippen molar-refractivity contribution < 1.29 is 4.99 Å². The Bertz CT molecular complexity index is 74.8. The molecule has 2 nitrogen and oxygen atoms in total. The molecule has 1 N–H and O–H groups in total. The molecule has 0 atom stereocenters. The van der Waals surface area contributed by atoms with Gasteiger partial charge in [-0.2, -0.15) is 0 Å². The first-order valence-corrected chi connectivity index (χ1v) is 2.65. The summed E-state index contributed by atoms with van der Waals surface area (Å²) in [6, 6.07) is 0. The van der Waals surface area contributed by atoms with Crippen LogP contribution in [0.1, 0.15) is 0 Å². The van der Waals surface area contributed by atoms with Gasteiger partial charge in [0.2, 0.25) is 5.88 Å². The number of rotatable bonds is 0. The smallest absolute Gasteiger partial charge is 0.207 e. The number of nitrogens with one attached hydrogen (secondary N) is 1. The molecule has 1 rings (SSSR count). The SMILES string of the molecule is C1=NSC[NH+]=C1. The van der Waals surface area contributed by atoms with E-state index >= 15 is 0 Å². The van der Waals surface area contributed by atoms with Crippen LogP contribution in [-0.2, 0) is 0 Å². The number of hydrogen-bond donors (Lipinski definition) is 1. The van der Waals surface area contributed by atoms with Crippen molar-refractivity contribution >= 4 is 24.4 Å². The van der Waals surface area contributed by atoms with Crippen molar-refractivity contribution in [2.75, 3.05) is 5.88 Å². The van der Waals surface area contributed by atoms with Crippen LogP contribution in [0.3, 0.4) is 0 Å². The Morgan fingerprint density at radius 2 is 2.83 bits per heavy atom. The van der Waals surface area contributed by atoms with Crippen LogP contribution in [0.25, 0.3) is 0 Å². The third kappa shape index (κ3) is 0.825. The number of nitrogens with zero attached hydrogens (tertiary/aromatic N) is 1. The van der Waals surface area contributed by atoms with Gasteiger partial charge in [-0.1, -0.05) is 0 Å². The first-order valence-electron chi connectivity index (χ1n) is 1.71. The summed E-state index contributed by atoms with van der Waals surface area (Å²) in [6.45, 7) is 0. The van der Waals surface area contributed by atoms with E-state index in [2.05, 4.69) is 9.39 Å². The summed E-state index contributed by atoms with van der Waals surface area (Å²) in [7, 11) is 0. The average Bonchev–Trinajstić information content (AvgIpc) is 1.72. The van der Waals surface area contributed by atoms with Gasteiger partial charge in [0.1, 0.15) is 0 Å². The molecule has 0 bridgehead atoms. The van der Waals surface area contributed by atoms with Crippen molar-refractivity contribution in [1.82, 2.24) is 0 Å². The topological polar surface area (TPSA) is 26.3 Å². The summed E-state index contributed by atoms with van der Waals surface area (Å²) in [5, 5.41) is 0. The van der Waals surface area contributed by atoms with Crippen molar-refractivity contribution in [1.29, 1.82) is 0 Å². The van der Waals surface area contributed by atoms with E-state index in [1.807, 2.05) is 6.21 Å². The van der Waals surface area contributed by atoms with Crippen LogP contribution in [0, 0.1) is 0 Å². The molecule has 1 aliphatic rings. The van der Waals surface area contributed by atoms with Crippen LogP contribution in [0.5, 0.6) is 0 Å². The summed E-state index contributed by atoms with van der Waals surface area (Å²) in [5.74, 6) is 0.913. The molecule has 0 aromatic carbocycles. The fourth-order valence-electron chi connectivity index (χ4n) is 0.249. The Kier molecular flexibility index (Phi) is 1.27. The molecule has 1 heterocycles. The predicted molar refractivity (Wildman–Crippen MR) is 28.0 cm³/mol. The molecule has 0 unspecified atom stereocenters. The fourth-order valence-corrected chi connectivity index (χ4v) is 0.641. The maximum atomic E-state index is 3.85. The second-order valence-electron chi connectivity index (χ2n) is 0.899. The molecule has 0 aliphatic carbocycles. The van der Waals surface area contributed by atoms with Gasteiger partial charge in [0.15, 0.2) is 6.21 Å². The van der Waals surface area contributed by atoms with Crippen molar-refractivity contribution in [2.45, 2.75) is 0 Å². The van der Waals surface area contributed by atoms with Crippen molar-refractivity contribution in [3.63, 3.8) is 0 Å². The highest BCUT2D eigenvalue weighted by atomic mass is 32.2. The van der Waals surface area contributed by atoms with E-state index in [0.29, 0.717) is 0 Å². The highest BCUT2D eigenvalue weighted by molar-refractivity contribution is 7.97. The van der Waals surface area contributed by atoms with E-state index < -0.39 is 0 Å². The quantitative estimate of drug-likeness (QED) is 0.382. The van der Waals surface area contributed by atoms with Gasteiger partial charge < -0.3 is 0 Å². The molecule has 3 heteroatoms. The van der Waals surface area contributed by atoms with Gasteiger partial charge in [0.25, 0.3) is 0 Å². The summed E-state index contributed by atoms with van der Waals surface area (Å²) >= 11 is 1.52. The van der Waals surface area contributed by atoms with Crippen LogP contribution in [-0.4, -0.2) is 18.3 Å². The number of hydrogen-bond acceptors (Lipinski definition) is 2. The lowest BCUT2D eigenvalue weighted by Gasteiger charge is -1.81. The maximum Gasteiger partial charge on any atom is 0.207 e. The lowest BCUT2D eigenvalue weighted by atomic mass is 10.8. The molecule has 0 amide bonds. The first kappa shape index (κ1) is 3.87. The van der Waals surface area contributed by atoms with Crippen LogP contribution in [0.15, 0.2) is 4.40 Å². The Morgan fingerprint density at radius 1 is 1.83 bits per heavy atom. The predicted octanol–water partition coefficient (Wildman–Crippen LogP) is -1.17. The normalized spacial score (nSPS) is 18.7. The highest BCUT2D eigenvalue weighted by Crippen LogP contribution is 1.92. The minimum atomic E-state index is 0.913. The fraction of sp³-hybridized carbons (Fsp3) is 0.333. The molecule has 1 aliphatic heterocycles. The van der Waals surface area contributed by atoms with E-state index in [4.69, 9.17) is 0 Å². The van der Waals surface area contributed by atoms with E-state index in [-0.39, 0.29) is 0 Å². The zero-order chi connectivity index (χ0) is 4.24. The van der Waals surface area contributed by atoms with Crippen LogP contribution in [0.2, 0.25) is 0 Å². The molecular weight excluding hydrogens is 96.1 g/mol. The van der Waals surface area contributed by atoms with Gasteiger partial charge in [0, 0.05) is 11.9 Å². The third-order valence-corrected chi connectivity index (χ3v) is 1.04. The van der Waals surface area contributed by atoms with Gasteiger partial charge in [-0.25, -0.2) is 9.39 Å². The zero-order valence-corrected chi connectivity index (χ0v) is 4.03. The average molecular weight is 101 g/mol. The highest BCUT2D eigenvalue weighted by Gasteiger charge is 1.86. The second kappa shape index (κ2) is 1.97. The first-order chi connectivity index (χ1) is 3.00. The standard InChI is InChI=1S/C3H4N2S/c1-2-5-6-3-4-1/h1-2H,3H2/p+1. The Balaban J connectivity index is 2.46. The van der Waals surface area contributed by atoms with Crippen LogP contribution < -0.4 is 4.99 Å². The van der Waals surface area contributed by atoms with Gasteiger partial charge in [-0.05, 0) is 0 Å². The molecular formula is C3H5N2S+. The molecule has 0 aromatic rings. The van der Waals surface area contributed by atoms with Gasteiger partial charge >= 0.3 is 0 Å². The third-order valence-electron chi connectivity index (χ3n) is 0.476. The molecule has 0 spiro atoms. The lowest BCUT2D eigenvalue weighted by Crippen LogP contribution is -2.68. The van der Waals surface area contributed by atoms with E-state index in [1.54, 1.807) is 6.21 Å². The minimum Gasteiger partial charge on any atom is -0.236 e. The summed E-state index contributed by atoms with van der Waals surface area (Å²) in [5.41, 5.74) is 0. The maximum absolute atomic E-state index is 3.85. The van der Waals surface area contributed by atoms with Crippen LogP contribution in [0.4, 0.5) is 0 Å². The monoisotopic (exact) mass is 101 g/mol. The molecule has 0 radical (unpaired) electrons. The van der Waals surface area contributed by atoms with Crippen molar-refractivity contribution in [3.8, 4) is 0 Å². The Labute approximate surface area is 40.5 Å². The largest absolute Gasteiger partial charge is 0.236 e. The van der Waals surface area contributed by atoms with Crippen molar-refractivity contribution in [2.24, 2.45) is 4.40 Å². The van der Waals surface area contributed by atoms with Gasteiger partial charge in [0.05, 0.1) is 6.21 Å². The molecule has 0 saturated heterocycles. The molecule has 32 valence electrons. The Morgan fingerprint density at radius 3 is 3.00 bits per heavy atom. The van der Waals surface area contributed by atoms with Crippen molar-refractivity contribution in [3.05, 3.63) is 0 Å².